The standard InChI is InChI=1S/C7H9N5/c1-4-5(2)11-7(8)12-6(4)9-3-10-12/h3H,1-2H3,(H2,8,11). The van der Waals surface area contributed by atoms with E-state index in [1.165, 1.54) is 10.8 Å². The number of hydrogen-bond acceptors (Lipinski definition) is 4. The Morgan fingerprint density at radius 2 is 2.17 bits per heavy atom. The van der Waals surface area contributed by atoms with Gasteiger partial charge in [-0.3, -0.25) is 0 Å². The third-order valence-corrected chi connectivity index (χ3v) is 1.93. The predicted molar refractivity (Wildman–Crippen MR) is 44.7 cm³/mol. The number of rotatable bonds is 0. The molecule has 2 heterocycles. The number of nitrogens with zero attached hydrogens (tertiary/aromatic N) is 4. The lowest BCUT2D eigenvalue weighted by molar-refractivity contribution is 0.918. The highest BCUT2D eigenvalue weighted by Crippen LogP contribution is 2.11. The number of anilines is 1. The van der Waals surface area contributed by atoms with Crippen LogP contribution < -0.4 is 5.73 Å². The molecule has 5 nitrogen and oxygen atoms in total. The summed E-state index contributed by atoms with van der Waals surface area (Å²) in [6.07, 6.45) is 1.47. The molecule has 0 atom stereocenters. The van der Waals surface area contributed by atoms with Crippen LogP contribution in [0.2, 0.25) is 0 Å². The highest BCUT2D eigenvalue weighted by atomic mass is 15.3. The summed E-state index contributed by atoms with van der Waals surface area (Å²) in [6, 6.07) is 0. The first kappa shape index (κ1) is 7.02. The summed E-state index contributed by atoms with van der Waals surface area (Å²) in [7, 11) is 0. The number of hydrogen-bond donors (Lipinski definition) is 1. The number of aromatic nitrogens is 4. The van der Waals surface area contributed by atoms with Crippen molar-refractivity contribution in [3.8, 4) is 0 Å². The smallest absolute Gasteiger partial charge is 0.223 e. The van der Waals surface area contributed by atoms with Gasteiger partial charge in [-0.2, -0.15) is 9.61 Å². The van der Waals surface area contributed by atoms with E-state index < -0.39 is 0 Å². The molecule has 2 aromatic heterocycles. The molecule has 2 N–H and O–H groups in total. The number of fused-ring (bicyclic) bond motifs is 1. The van der Waals surface area contributed by atoms with E-state index in [4.69, 9.17) is 5.73 Å². The second-order valence-electron chi connectivity index (χ2n) is 2.68. The van der Waals surface area contributed by atoms with Crippen molar-refractivity contribution in [2.24, 2.45) is 0 Å². The second kappa shape index (κ2) is 2.17. The summed E-state index contributed by atoms with van der Waals surface area (Å²) in [5, 5.41) is 3.94. The van der Waals surface area contributed by atoms with Crippen molar-refractivity contribution in [1.29, 1.82) is 0 Å². The summed E-state index contributed by atoms with van der Waals surface area (Å²) in [5.74, 6) is 0.380. The molecule has 0 amide bonds. The highest BCUT2D eigenvalue weighted by Gasteiger charge is 2.06. The van der Waals surface area contributed by atoms with Crippen LogP contribution in [-0.2, 0) is 0 Å². The zero-order valence-corrected chi connectivity index (χ0v) is 6.94. The minimum atomic E-state index is 0.380. The van der Waals surface area contributed by atoms with Gasteiger partial charge < -0.3 is 5.73 Å². The average molecular weight is 163 g/mol. The summed E-state index contributed by atoms with van der Waals surface area (Å²) >= 11 is 0. The van der Waals surface area contributed by atoms with Gasteiger partial charge in [0.15, 0.2) is 5.65 Å². The van der Waals surface area contributed by atoms with Crippen LogP contribution >= 0.6 is 0 Å². The maximum absolute atomic E-state index is 5.62. The molecule has 0 aliphatic heterocycles. The van der Waals surface area contributed by atoms with Crippen LogP contribution in [0.15, 0.2) is 6.33 Å². The molecular weight excluding hydrogens is 154 g/mol. The largest absolute Gasteiger partial charge is 0.368 e. The van der Waals surface area contributed by atoms with E-state index in [-0.39, 0.29) is 0 Å². The van der Waals surface area contributed by atoms with E-state index in [1.54, 1.807) is 0 Å². The van der Waals surface area contributed by atoms with Crippen molar-refractivity contribution in [3.05, 3.63) is 17.6 Å². The Morgan fingerprint density at radius 3 is 2.92 bits per heavy atom. The summed E-state index contributed by atoms with van der Waals surface area (Å²) in [6.45, 7) is 3.85. The molecule has 0 spiro atoms. The van der Waals surface area contributed by atoms with Gasteiger partial charge in [-0.25, -0.2) is 9.97 Å². The van der Waals surface area contributed by atoms with Crippen LogP contribution in [0.1, 0.15) is 11.3 Å². The van der Waals surface area contributed by atoms with E-state index in [1.807, 2.05) is 13.8 Å². The molecule has 0 unspecified atom stereocenters. The first-order valence-electron chi connectivity index (χ1n) is 3.62. The Morgan fingerprint density at radius 1 is 1.42 bits per heavy atom. The first-order chi connectivity index (χ1) is 5.70. The van der Waals surface area contributed by atoms with E-state index in [2.05, 4.69) is 15.1 Å². The maximum Gasteiger partial charge on any atom is 0.223 e. The average Bonchev–Trinajstić information content (AvgIpc) is 2.48. The van der Waals surface area contributed by atoms with Crippen LogP contribution in [0, 0.1) is 13.8 Å². The number of nitrogens with two attached hydrogens (primary N) is 1. The normalized spacial score (nSPS) is 10.8. The third-order valence-electron chi connectivity index (χ3n) is 1.93. The van der Waals surface area contributed by atoms with E-state index in [0.717, 1.165) is 16.9 Å². The lowest BCUT2D eigenvalue weighted by Crippen LogP contribution is -2.05. The fraction of sp³-hybridized carbons (Fsp3) is 0.286. The topological polar surface area (TPSA) is 69.1 Å². The van der Waals surface area contributed by atoms with E-state index in [9.17, 15) is 0 Å². The van der Waals surface area contributed by atoms with Gasteiger partial charge in [0.05, 0.1) is 0 Å². The van der Waals surface area contributed by atoms with Gasteiger partial charge in [-0.15, -0.1) is 0 Å². The van der Waals surface area contributed by atoms with Crippen molar-refractivity contribution >= 4 is 11.6 Å². The van der Waals surface area contributed by atoms with Crippen molar-refractivity contribution in [3.63, 3.8) is 0 Å². The molecule has 0 saturated carbocycles. The molecule has 12 heavy (non-hydrogen) atoms. The Kier molecular flexibility index (Phi) is 1.27. The van der Waals surface area contributed by atoms with Gasteiger partial charge in [-0.1, -0.05) is 0 Å². The minimum absolute atomic E-state index is 0.380. The minimum Gasteiger partial charge on any atom is -0.368 e. The van der Waals surface area contributed by atoms with Crippen molar-refractivity contribution in [2.45, 2.75) is 13.8 Å². The Labute approximate surface area is 69.2 Å². The van der Waals surface area contributed by atoms with Crippen molar-refractivity contribution in [1.82, 2.24) is 19.6 Å². The second-order valence-corrected chi connectivity index (χ2v) is 2.68. The van der Waals surface area contributed by atoms with Gasteiger partial charge in [0.25, 0.3) is 0 Å². The molecule has 62 valence electrons. The Hall–Kier alpha value is -1.65. The van der Waals surface area contributed by atoms with Crippen LogP contribution in [0.3, 0.4) is 0 Å². The molecule has 0 aliphatic rings. The summed E-state index contributed by atoms with van der Waals surface area (Å²) < 4.78 is 1.53. The van der Waals surface area contributed by atoms with E-state index in [0.29, 0.717) is 5.95 Å². The quantitative estimate of drug-likeness (QED) is 0.607. The van der Waals surface area contributed by atoms with Crippen LogP contribution in [-0.4, -0.2) is 19.6 Å². The molecule has 0 fully saturated rings. The molecule has 5 heteroatoms. The van der Waals surface area contributed by atoms with E-state index >= 15 is 0 Å². The summed E-state index contributed by atoms with van der Waals surface area (Å²) in [4.78, 5) is 8.18. The zero-order chi connectivity index (χ0) is 8.72. The molecule has 0 saturated heterocycles. The van der Waals surface area contributed by atoms with Crippen LogP contribution in [0.5, 0.6) is 0 Å². The van der Waals surface area contributed by atoms with Crippen LogP contribution in [0.25, 0.3) is 5.65 Å². The number of aryl methyl sites for hydroxylation is 2. The van der Waals surface area contributed by atoms with Gasteiger partial charge in [0.2, 0.25) is 5.95 Å². The molecule has 0 aliphatic carbocycles. The molecule has 0 radical (unpaired) electrons. The highest BCUT2D eigenvalue weighted by molar-refractivity contribution is 5.51. The predicted octanol–water partition coefficient (Wildman–Crippen LogP) is 0.323. The van der Waals surface area contributed by atoms with Crippen molar-refractivity contribution < 1.29 is 0 Å². The molecule has 0 aromatic carbocycles. The zero-order valence-electron chi connectivity index (χ0n) is 6.94. The monoisotopic (exact) mass is 163 g/mol. The maximum atomic E-state index is 5.62. The lowest BCUT2D eigenvalue weighted by atomic mass is 10.2. The first-order valence-corrected chi connectivity index (χ1v) is 3.62. The molecule has 0 bridgehead atoms. The fourth-order valence-electron chi connectivity index (χ4n) is 1.13. The molecule has 2 rings (SSSR count). The molecular formula is C7H9N5. The fourth-order valence-corrected chi connectivity index (χ4v) is 1.13. The van der Waals surface area contributed by atoms with Gasteiger partial charge in [0, 0.05) is 11.3 Å². The Balaban J connectivity index is 2.97. The van der Waals surface area contributed by atoms with Gasteiger partial charge in [-0.05, 0) is 13.8 Å². The van der Waals surface area contributed by atoms with Crippen LogP contribution in [0.4, 0.5) is 5.95 Å². The third kappa shape index (κ3) is 0.761. The number of nitrogen functional groups attached to an aromatic ring is 1. The lowest BCUT2D eigenvalue weighted by Gasteiger charge is -2.02. The Bertz CT molecular complexity index is 431. The molecule has 2 aromatic rings. The van der Waals surface area contributed by atoms with Crippen molar-refractivity contribution in [2.75, 3.05) is 5.73 Å². The van der Waals surface area contributed by atoms with Gasteiger partial charge >= 0.3 is 0 Å². The SMILES string of the molecule is Cc1nc(N)n2ncnc2c1C. The van der Waals surface area contributed by atoms with Gasteiger partial charge in [0.1, 0.15) is 6.33 Å². The summed E-state index contributed by atoms with van der Waals surface area (Å²) in [5.41, 5.74) is 8.31.